The van der Waals surface area contributed by atoms with Gasteiger partial charge in [-0.15, -0.1) is 0 Å². The van der Waals surface area contributed by atoms with Crippen LogP contribution in [0.5, 0.6) is 5.75 Å². The molecule has 1 unspecified atom stereocenters. The summed E-state index contributed by atoms with van der Waals surface area (Å²) in [6.45, 7) is 1.91. The van der Waals surface area contributed by atoms with Crippen LogP contribution < -0.4 is 26.6 Å². The highest BCUT2D eigenvalue weighted by Gasteiger charge is 2.15. The van der Waals surface area contributed by atoms with Crippen molar-refractivity contribution in [2.24, 2.45) is 14.1 Å². The van der Waals surface area contributed by atoms with Crippen LogP contribution in [0.1, 0.15) is 23.5 Å². The summed E-state index contributed by atoms with van der Waals surface area (Å²) in [6.07, 6.45) is 1.62. The monoisotopic (exact) mass is 481 g/mol. The molecular weight excluding hydrogens is 450 g/mol. The van der Waals surface area contributed by atoms with Crippen molar-refractivity contribution in [3.8, 4) is 5.75 Å². The van der Waals surface area contributed by atoms with Gasteiger partial charge in [0.2, 0.25) is 0 Å². The lowest BCUT2D eigenvalue weighted by Crippen LogP contribution is -2.38. The van der Waals surface area contributed by atoms with Gasteiger partial charge in [0.05, 0.1) is 12.0 Å². The molecule has 0 spiro atoms. The number of nitrogens with zero attached hydrogens (tertiary/aromatic N) is 3. The summed E-state index contributed by atoms with van der Waals surface area (Å²) in [4.78, 5) is 34.5. The van der Waals surface area contributed by atoms with Gasteiger partial charge in [0, 0.05) is 45.4 Å². The van der Waals surface area contributed by atoms with E-state index in [0.29, 0.717) is 18.9 Å². The number of non-ortho nitro benzene ring substituents is 1. The molecule has 3 rings (SSSR count). The molecule has 2 aromatic carbocycles. The minimum atomic E-state index is -0.394. The van der Waals surface area contributed by atoms with E-state index in [1.807, 2.05) is 36.4 Å². The Balaban J connectivity index is 1.58. The Morgan fingerprint density at radius 1 is 0.971 bits per heavy atom. The first-order valence-corrected chi connectivity index (χ1v) is 11.4. The Kier molecular flexibility index (Phi) is 8.80. The second kappa shape index (κ2) is 12.0. The van der Waals surface area contributed by atoms with Gasteiger partial charge in [-0.3, -0.25) is 24.0 Å². The Morgan fingerprint density at radius 3 is 2.29 bits per heavy atom. The molecule has 0 saturated carbocycles. The third-order valence-electron chi connectivity index (χ3n) is 6.02. The predicted octanol–water partition coefficient (Wildman–Crippen LogP) is 2.42. The first-order chi connectivity index (χ1) is 16.8. The summed E-state index contributed by atoms with van der Waals surface area (Å²) >= 11 is 0. The predicted molar refractivity (Wildman–Crippen MR) is 135 cm³/mol. The average molecular weight is 482 g/mol. The van der Waals surface area contributed by atoms with E-state index in [1.165, 1.54) is 17.7 Å². The Bertz CT molecular complexity index is 1250. The van der Waals surface area contributed by atoms with Crippen LogP contribution in [0.4, 0.5) is 11.5 Å². The van der Waals surface area contributed by atoms with Crippen molar-refractivity contribution in [1.29, 1.82) is 0 Å². The van der Waals surface area contributed by atoms with E-state index in [4.69, 9.17) is 4.74 Å². The molecule has 0 bridgehead atoms. The van der Waals surface area contributed by atoms with E-state index >= 15 is 0 Å². The summed E-state index contributed by atoms with van der Waals surface area (Å²) in [5, 5.41) is 17.5. The molecule has 10 heteroatoms. The molecule has 35 heavy (non-hydrogen) atoms. The van der Waals surface area contributed by atoms with Gasteiger partial charge in [0.15, 0.2) is 0 Å². The third-order valence-corrected chi connectivity index (χ3v) is 6.02. The fraction of sp³-hybridized carbons (Fsp3) is 0.360. The SMILES string of the molecule is COc1ccc(CC(CCNCCNc2cc(=O)n(C)c(=O)n2C)c2ccc([N+](=O)[O-])cc2)cc1. The minimum Gasteiger partial charge on any atom is -0.497 e. The number of aromatic nitrogens is 2. The number of nitro benzene ring substituents is 1. The lowest BCUT2D eigenvalue weighted by Gasteiger charge is -2.19. The summed E-state index contributed by atoms with van der Waals surface area (Å²) in [7, 11) is 4.70. The first kappa shape index (κ1) is 25.7. The van der Waals surface area contributed by atoms with Crippen LogP contribution in [0, 0.1) is 10.1 Å². The quantitative estimate of drug-likeness (QED) is 0.232. The lowest BCUT2D eigenvalue weighted by molar-refractivity contribution is -0.384. The number of nitro groups is 1. The smallest absolute Gasteiger partial charge is 0.332 e. The molecule has 0 aliphatic heterocycles. The second-order valence-corrected chi connectivity index (χ2v) is 8.33. The van der Waals surface area contributed by atoms with Crippen molar-refractivity contribution in [3.05, 3.63) is 96.7 Å². The number of anilines is 1. The zero-order chi connectivity index (χ0) is 25.4. The number of hydrogen-bond acceptors (Lipinski definition) is 7. The molecule has 1 atom stereocenters. The average Bonchev–Trinajstić information content (AvgIpc) is 2.87. The molecule has 1 heterocycles. The van der Waals surface area contributed by atoms with Crippen LogP contribution in [0.25, 0.3) is 0 Å². The number of benzene rings is 2. The molecule has 2 N–H and O–H groups in total. The van der Waals surface area contributed by atoms with Gasteiger partial charge in [0.1, 0.15) is 11.6 Å². The van der Waals surface area contributed by atoms with Crippen LogP contribution in [0.2, 0.25) is 0 Å². The first-order valence-electron chi connectivity index (χ1n) is 11.4. The van der Waals surface area contributed by atoms with Gasteiger partial charge in [-0.1, -0.05) is 24.3 Å². The zero-order valence-corrected chi connectivity index (χ0v) is 20.2. The number of rotatable bonds is 12. The molecule has 0 aliphatic rings. The van der Waals surface area contributed by atoms with E-state index in [-0.39, 0.29) is 22.9 Å². The summed E-state index contributed by atoms with van der Waals surface area (Å²) < 4.78 is 7.70. The number of hydrogen-bond donors (Lipinski definition) is 2. The van der Waals surface area contributed by atoms with E-state index in [1.54, 1.807) is 26.3 Å². The number of methoxy groups -OCH3 is 1. The lowest BCUT2D eigenvalue weighted by atomic mass is 9.89. The third kappa shape index (κ3) is 6.80. The largest absolute Gasteiger partial charge is 0.497 e. The van der Waals surface area contributed by atoms with Gasteiger partial charge < -0.3 is 15.4 Å². The van der Waals surface area contributed by atoms with Gasteiger partial charge in [0.25, 0.3) is 11.2 Å². The minimum absolute atomic E-state index is 0.0753. The van der Waals surface area contributed by atoms with Crippen LogP contribution in [-0.2, 0) is 20.5 Å². The molecule has 0 fully saturated rings. The standard InChI is InChI=1S/C25H31N5O5/c1-28-23(17-24(31)29(2)25(28)32)27-15-14-26-13-12-20(16-18-4-10-22(35-3)11-5-18)19-6-8-21(9-7-19)30(33)34/h4-11,17,20,26-27H,12-16H2,1-3H3. The van der Waals surface area contributed by atoms with Crippen LogP contribution >= 0.6 is 0 Å². The van der Waals surface area contributed by atoms with Crippen LogP contribution in [0.15, 0.2) is 64.2 Å². The molecule has 3 aromatic rings. The van der Waals surface area contributed by atoms with Gasteiger partial charge in [-0.2, -0.15) is 0 Å². The zero-order valence-electron chi connectivity index (χ0n) is 20.2. The van der Waals surface area contributed by atoms with Crippen molar-refractivity contribution in [2.75, 3.05) is 32.1 Å². The maximum Gasteiger partial charge on any atom is 0.332 e. The van der Waals surface area contributed by atoms with E-state index in [2.05, 4.69) is 10.6 Å². The summed E-state index contributed by atoms with van der Waals surface area (Å²) in [6, 6.07) is 16.1. The molecule has 1 aromatic heterocycles. The number of ether oxygens (including phenoxy) is 1. The van der Waals surface area contributed by atoms with Crippen LogP contribution in [-0.4, -0.2) is 40.8 Å². The van der Waals surface area contributed by atoms with Crippen molar-refractivity contribution in [3.63, 3.8) is 0 Å². The highest BCUT2D eigenvalue weighted by Crippen LogP contribution is 2.27. The van der Waals surface area contributed by atoms with Crippen molar-refractivity contribution in [2.45, 2.75) is 18.8 Å². The van der Waals surface area contributed by atoms with Crippen molar-refractivity contribution >= 4 is 11.5 Å². The van der Waals surface area contributed by atoms with Crippen molar-refractivity contribution in [1.82, 2.24) is 14.5 Å². The molecule has 0 amide bonds. The Hall–Kier alpha value is -3.92. The number of nitrogens with one attached hydrogen (secondary N) is 2. The van der Waals surface area contributed by atoms with Crippen LogP contribution in [0.3, 0.4) is 0 Å². The molecule has 0 aliphatic carbocycles. The topological polar surface area (TPSA) is 120 Å². The Morgan fingerprint density at radius 2 is 1.66 bits per heavy atom. The molecule has 0 saturated heterocycles. The summed E-state index contributed by atoms with van der Waals surface area (Å²) in [5.41, 5.74) is 1.54. The van der Waals surface area contributed by atoms with E-state index in [0.717, 1.165) is 40.8 Å². The Labute approximate surface area is 203 Å². The maximum atomic E-state index is 12.0. The van der Waals surface area contributed by atoms with E-state index < -0.39 is 4.92 Å². The molecule has 10 nitrogen and oxygen atoms in total. The highest BCUT2D eigenvalue weighted by atomic mass is 16.6. The van der Waals surface area contributed by atoms with E-state index in [9.17, 15) is 19.7 Å². The molecular formula is C25H31N5O5. The van der Waals surface area contributed by atoms with Gasteiger partial charge in [-0.25, -0.2) is 4.79 Å². The fourth-order valence-electron chi connectivity index (χ4n) is 3.88. The maximum absolute atomic E-state index is 12.0. The second-order valence-electron chi connectivity index (χ2n) is 8.33. The summed E-state index contributed by atoms with van der Waals surface area (Å²) in [5.74, 6) is 1.44. The van der Waals surface area contributed by atoms with Gasteiger partial charge >= 0.3 is 5.69 Å². The normalized spacial score (nSPS) is 11.7. The molecule has 186 valence electrons. The molecule has 0 radical (unpaired) electrons. The van der Waals surface area contributed by atoms with Crippen molar-refractivity contribution < 1.29 is 9.66 Å². The van der Waals surface area contributed by atoms with Gasteiger partial charge in [-0.05, 0) is 48.6 Å². The highest BCUT2D eigenvalue weighted by molar-refractivity contribution is 5.36. The fourth-order valence-corrected chi connectivity index (χ4v) is 3.88.